The lowest BCUT2D eigenvalue weighted by Gasteiger charge is -2.32. The van der Waals surface area contributed by atoms with E-state index in [0.29, 0.717) is 0 Å². The Morgan fingerprint density at radius 1 is 1.19 bits per heavy atom. The monoisotopic (exact) mass is 300 g/mol. The molecule has 1 aromatic carbocycles. The highest BCUT2D eigenvalue weighted by molar-refractivity contribution is 7.17. The molecule has 1 unspecified atom stereocenters. The van der Waals surface area contributed by atoms with E-state index in [2.05, 4.69) is 39.9 Å². The normalized spacial score (nSPS) is 23.7. The summed E-state index contributed by atoms with van der Waals surface area (Å²) in [4.78, 5) is 2.66. The number of fused-ring (bicyclic) bond motifs is 1. The van der Waals surface area contributed by atoms with Crippen LogP contribution in [0.4, 0.5) is 0 Å². The van der Waals surface area contributed by atoms with Crippen molar-refractivity contribution in [3.8, 4) is 0 Å². The molecule has 0 radical (unpaired) electrons. The van der Waals surface area contributed by atoms with Crippen LogP contribution in [0.1, 0.15) is 31.2 Å². The number of nitrogens with zero attached hydrogens (tertiary/aromatic N) is 1. The lowest BCUT2D eigenvalue weighted by atomic mass is 9.97. The van der Waals surface area contributed by atoms with E-state index in [0.717, 1.165) is 18.5 Å². The molecule has 1 aliphatic carbocycles. The minimum atomic E-state index is 0.848. The first kappa shape index (κ1) is 13.7. The molecule has 2 nitrogen and oxygen atoms in total. The summed E-state index contributed by atoms with van der Waals surface area (Å²) >= 11 is 1.89. The number of piperidine rings is 1. The molecule has 112 valence electrons. The molecule has 2 heterocycles. The molecule has 2 aliphatic rings. The molecule has 1 aliphatic heterocycles. The van der Waals surface area contributed by atoms with Gasteiger partial charge in [-0.05, 0) is 67.1 Å². The zero-order valence-electron chi connectivity index (χ0n) is 12.6. The first-order valence-electron chi connectivity index (χ1n) is 8.29. The van der Waals surface area contributed by atoms with Crippen molar-refractivity contribution >= 4 is 21.4 Å². The number of likely N-dealkylation sites (tertiary alicyclic amines) is 1. The third kappa shape index (κ3) is 3.31. The van der Waals surface area contributed by atoms with Gasteiger partial charge in [-0.3, -0.25) is 4.90 Å². The van der Waals surface area contributed by atoms with Crippen molar-refractivity contribution in [2.24, 2.45) is 5.92 Å². The predicted molar refractivity (Wildman–Crippen MR) is 90.9 cm³/mol. The average molecular weight is 300 g/mol. The maximum atomic E-state index is 3.71. The van der Waals surface area contributed by atoms with Crippen molar-refractivity contribution in [1.82, 2.24) is 10.2 Å². The number of hydrogen-bond donors (Lipinski definition) is 1. The molecular weight excluding hydrogens is 276 g/mol. The molecule has 1 N–H and O–H groups in total. The Hall–Kier alpha value is -0.900. The summed E-state index contributed by atoms with van der Waals surface area (Å²) in [7, 11) is 0. The van der Waals surface area contributed by atoms with Crippen molar-refractivity contribution in [2.75, 3.05) is 19.6 Å². The van der Waals surface area contributed by atoms with E-state index >= 15 is 0 Å². The molecule has 4 rings (SSSR count). The van der Waals surface area contributed by atoms with Crippen LogP contribution in [0.15, 0.2) is 29.6 Å². The Morgan fingerprint density at radius 2 is 2.10 bits per heavy atom. The van der Waals surface area contributed by atoms with E-state index in [1.165, 1.54) is 61.0 Å². The van der Waals surface area contributed by atoms with Gasteiger partial charge in [0, 0.05) is 23.8 Å². The maximum absolute atomic E-state index is 3.71. The molecule has 1 aromatic heterocycles. The van der Waals surface area contributed by atoms with Crippen LogP contribution in [0.2, 0.25) is 0 Å². The summed E-state index contributed by atoms with van der Waals surface area (Å²) in [6.45, 7) is 4.89. The molecule has 3 heteroatoms. The largest absolute Gasteiger partial charge is 0.314 e. The number of rotatable bonds is 5. The summed E-state index contributed by atoms with van der Waals surface area (Å²) in [5, 5.41) is 7.53. The molecular formula is C18H24N2S. The van der Waals surface area contributed by atoms with Crippen molar-refractivity contribution in [3.05, 3.63) is 35.2 Å². The SMILES string of the molecule is c1ccc2c(CN3CCCC(CNC4CC4)C3)csc2c1. The van der Waals surface area contributed by atoms with E-state index in [-0.39, 0.29) is 0 Å². The van der Waals surface area contributed by atoms with E-state index in [9.17, 15) is 0 Å². The Bertz CT molecular complexity index is 602. The third-order valence-electron chi connectivity index (χ3n) is 4.83. The van der Waals surface area contributed by atoms with Crippen molar-refractivity contribution in [2.45, 2.75) is 38.3 Å². The zero-order valence-corrected chi connectivity index (χ0v) is 13.4. The van der Waals surface area contributed by atoms with Crippen LogP contribution < -0.4 is 5.32 Å². The Morgan fingerprint density at radius 3 is 3.00 bits per heavy atom. The second-order valence-corrected chi connectivity index (χ2v) is 7.59. The third-order valence-corrected chi connectivity index (χ3v) is 5.84. The van der Waals surface area contributed by atoms with Crippen molar-refractivity contribution < 1.29 is 0 Å². The minimum absolute atomic E-state index is 0.848. The van der Waals surface area contributed by atoms with Crippen LogP contribution in [-0.4, -0.2) is 30.6 Å². The number of thiophene rings is 1. The second-order valence-electron chi connectivity index (χ2n) is 6.68. The van der Waals surface area contributed by atoms with Crippen molar-refractivity contribution in [3.63, 3.8) is 0 Å². The number of benzene rings is 1. The van der Waals surface area contributed by atoms with Gasteiger partial charge in [-0.1, -0.05) is 18.2 Å². The van der Waals surface area contributed by atoms with Gasteiger partial charge in [0.2, 0.25) is 0 Å². The van der Waals surface area contributed by atoms with E-state index in [1.807, 2.05) is 11.3 Å². The molecule has 1 saturated carbocycles. The summed E-state index contributed by atoms with van der Waals surface area (Å²) < 4.78 is 1.43. The lowest BCUT2D eigenvalue weighted by Crippen LogP contribution is -2.39. The highest BCUT2D eigenvalue weighted by Gasteiger charge is 2.25. The fourth-order valence-electron chi connectivity index (χ4n) is 3.48. The second kappa shape index (κ2) is 6.07. The first-order valence-corrected chi connectivity index (χ1v) is 9.17. The molecule has 2 fully saturated rings. The summed E-state index contributed by atoms with van der Waals surface area (Å²) in [6.07, 6.45) is 5.56. The van der Waals surface area contributed by atoms with Crippen LogP contribution in [0.5, 0.6) is 0 Å². The van der Waals surface area contributed by atoms with Gasteiger partial charge in [0.1, 0.15) is 0 Å². The highest BCUT2D eigenvalue weighted by Crippen LogP contribution is 2.28. The van der Waals surface area contributed by atoms with Crippen molar-refractivity contribution in [1.29, 1.82) is 0 Å². The Labute approximate surface area is 131 Å². The summed E-state index contributed by atoms with van der Waals surface area (Å²) in [5.74, 6) is 0.851. The molecule has 1 saturated heterocycles. The summed E-state index contributed by atoms with van der Waals surface area (Å²) in [6, 6.07) is 9.67. The molecule has 0 amide bonds. The van der Waals surface area contributed by atoms with Gasteiger partial charge in [-0.2, -0.15) is 0 Å². The van der Waals surface area contributed by atoms with Gasteiger partial charge in [0.15, 0.2) is 0 Å². The number of hydrogen-bond acceptors (Lipinski definition) is 3. The predicted octanol–water partition coefficient (Wildman–Crippen LogP) is 3.87. The van der Waals surface area contributed by atoms with Gasteiger partial charge in [0.25, 0.3) is 0 Å². The van der Waals surface area contributed by atoms with Gasteiger partial charge < -0.3 is 5.32 Å². The van der Waals surface area contributed by atoms with E-state index in [1.54, 1.807) is 0 Å². The van der Waals surface area contributed by atoms with Gasteiger partial charge in [-0.25, -0.2) is 0 Å². The lowest BCUT2D eigenvalue weighted by molar-refractivity contribution is 0.166. The van der Waals surface area contributed by atoms with E-state index in [4.69, 9.17) is 0 Å². The maximum Gasteiger partial charge on any atom is 0.0346 e. The fourth-order valence-corrected chi connectivity index (χ4v) is 4.43. The number of nitrogens with one attached hydrogen (secondary N) is 1. The Kier molecular flexibility index (Phi) is 3.97. The van der Waals surface area contributed by atoms with Gasteiger partial charge >= 0.3 is 0 Å². The van der Waals surface area contributed by atoms with Crippen LogP contribution in [0.25, 0.3) is 10.1 Å². The first-order chi connectivity index (χ1) is 10.4. The van der Waals surface area contributed by atoms with Crippen LogP contribution in [0, 0.1) is 5.92 Å². The van der Waals surface area contributed by atoms with Crippen LogP contribution in [-0.2, 0) is 6.54 Å². The highest BCUT2D eigenvalue weighted by atomic mass is 32.1. The van der Waals surface area contributed by atoms with E-state index < -0.39 is 0 Å². The molecule has 1 atom stereocenters. The standard InChI is InChI=1S/C18H24N2S/c1-2-6-18-17(5-1)15(13-21-18)12-20-9-3-4-14(11-20)10-19-16-7-8-16/h1-2,5-6,13-14,16,19H,3-4,7-12H2. The fraction of sp³-hybridized carbons (Fsp3) is 0.556. The molecule has 0 bridgehead atoms. The quantitative estimate of drug-likeness (QED) is 0.902. The van der Waals surface area contributed by atoms with Crippen LogP contribution >= 0.6 is 11.3 Å². The molecule has 21 heavy (non-hydrogen) atoms. The average Bonchev–Trinajstić information content (AvgIpc) is 3.27. The topological polar surface area (TPSA) is 15.3 Å². The molecule has 2 aromatic rings. The minimum Gasteiger partial charge on any atom is -0.314 e. The molecule has 0 spiro atoms. The van der Waals surface area contributed by atoms with Gasteiger partial charge in [-0.15, -0.1) is 11.3 Å². The summed E-state index contributed by atoms with van der Waals surface area (Å²) in [5.41, 5.74) is 1.52. The van der Waals surface area contributed by atoms with Gasteiger partial charge in [0.05, 0.1) is 0 Å². The zero-order chi connectivity index (χ0) is 14.1. The van der Waals surface area contributed by atoms with Crippen LogP contribution in [0.3, 0.4) is 0 Å². The Balaban J connectivity index is 1.39. The smallest absolute Gasteiger partial charge is 0.0346 e.